The lowest BCUT2D eigenvalue weighted by molar-refractivity contribution is 0.409. The predicted octanol–water partition coefficient (Wildman–Crippen LogP) is 6.01. The molecule has 0 aliphatic carbocycles. The van der Waals surface area contributed by atoms with Crippen molar-refractivity contribution in [3.8, 4) is 11.4 Å². The first-order valence-electron chi connectivity index (χ1n) is 12.7. The van der Waals surface area contributed by atoms with E-state index in [1.54, 1.807) is 39.6 Å². The molecule has 0 bridgehead atoms. The molecular weight excluding hydrogens is 578 g/mol. The SMILES string of the molecule is COc1cc(Br)ccc1CCCN(c1c(C)n(C)n(-c2ccccc2)c1=O)S(=O)(=O)c1c(C)cc(C)cc1C. The van der Waals surface area contributed by atoms with E-state index in [1.807, 2.05) is 67.6 Å². The maximum Gasteiger partial charge on any atom is 0.296 e. The Hall–Kier alpha value is -3.30. The third kappa shape index (κ3) is 5.56. The van der Waals surface area contributed by atoms with Gasteiger partial charge in [-0.15, -0.1) is 0 Å². The molecule has 9 heteroatoms. The average Bonchev–Trinajstić information content (AvgIpc) is 3.09. The molecule has 4 rings (SSSR count). The summed E-state index contributed by atoms with van der Waals surface area (Å²) >= 11 is 3.47. The number of methoxy groups -OCH3 is 1. The van der Waals surface area contributed by atoms with Crippen molar-refractivity contribution < 1.29 is 13.2 Å². The van der Waals surface area contributed by atoms with E-state index in [4.69, 9.17) is 4.74 Å². The van der Waals surface area contributed by atoms with Gasteiger partial charge >= 0.3 is 0 Å². The van der Waals surface area contributed by atoms with Crippen molar-refractivity contribution >= 4 is 31.6 Å². The van der Waals surface area contributed by atoms with Crippen LogP contribution < -0.4 is 14.6 Å². The van der Waals surface area contributed by atoms with Gasteiger partial charge in [-0.05, 0) is 81.5 Å². The summed E-state index contributed by atoms with van der Waals surface area (Å²) in [5.74, 6) is 0.728. The first-order chi connectivity index (χ1) is 18.5. The van der Waals surface area contributed by atoms with Crippen LogP contribution >= 0.6 is 15.9 Å². The summed E-state index contributed by atoms with van der Waals surface area (Å²) < 4.78 is 39.8. The number of nitrogens with zero attached hydrogens (tertiary/aromatic N) is 3. The third-order valence-electron chi connectivity index (χ3n) is 6.98. The number of rotatable bonds is 9. The standard InChI is InChI=1S/C30H34BrN3O4S/c1-20-17-21(2)29(22(3)18-20)39(36,37)33(16-10-11-24-14-15-25(31)19-27(24)38-6)28-23(4)32(5)34(30(28)35)26-12-8-7-9-13-26/h7-9,12-15,17-19H,10-11,16H2,1-6H3. The Balaban J connectivity index is 1.84. The normalized spacial score (nSPS) is 11.6. The summed E-state index contributed by atoms with van der Waals surface area (Å²) in [7, 11) is -0.685. The summed E-state index contributed by atoms with van der Waals surface area (Å²) in [6, 6.07) is 18.8. The van der Waals surface area contributed by atoms with E-state index in [1.165, 1.54) is 8.99 Å². The van der Waals surface area contributed by atoms with Crippen LogP contribution in [0.25, 0.3) is 5.69 Å². The van der Waals surface area contributed by atoms with Crippen molar-refractivity contribution in [1.82, 2.24) is 9.36 Å². The number of hydrogen-bond acceptors (Lipinski definition) is 4. The third-order valence-corrected chi connectivity index (χ3v) is 9.58. The van der Waals surface area contributed by atoms with Crippen molar-refractivity contribution in [2.24, 2.45) is 7.05 Å². The molecule has 0 saturated carbocycles. The Labute approximate surface area is 238 Å². The number of halogens is 1. The van der Waals surface area contributed by atoms with Crippen LogP contribution in [0.3, 0.4) is 0 Å². The van der Waals surface area contributed by atoms with E-state index in [9.17, 15) is 13.2 Å². The Morgan fingerprint density at radius 2 is 1.59 bits per heavy atom. The van der Waals surface area contributed by atoms with E-state index in [0.29, 0.717) is 35.3 Å². The Morgan fingerprint density at radius 1 is 0.949 bits per heavy atom. The highest BCUT2D eigenvalue weighted by Crippen LogP contribution is 2.31. The van der Waals surface area contributed by atoms with Gasteiger partial charge in [-0.1, -0.05) is 57.9 Å². The van der Waals surface area contributed by atoms with Gasteiger partial charge in [0.25, 0.3) is 15.6 Å². The second-order valence-corrected chi connectivity index (χ2v) is 12.5. The molecule has 0 spiro atoms. The van der Waals surface area contributed by atoms with Crippen molar-refractivity contribution in [3.63, 3.8) is 0 Å². The van der Waals surface area contributed by atoms with Gasteiger partial charge in [0.2, 0.25) is 0 Å². The molecule has 3 aromatic carbocycles. The lowest BCUT2D eigenvalue weighted by atomic mass is 10.1. The summed E-state index contributed by atoms with van der Waals surface area (Å²) in [5, 5.41) is 0. The zero-order valence-electron chi connectivity index (χ0n) is 23.2. The molecule has 0 N–H and O–H groups in total. The van der Waals surface area contributed by atoms with E-state index < -0.39 is 10.0 Å². The number of anilines is 1. The maximum absolute atomic E-state index is 14.4. The minimum Gasteiger partial charge on any atom is -0.496 e. The summed E-state index contributed by atoms with van der Waals surface area (Å²) in [5.41, 5.74) is 4.27. The molecule has 39 heavy (non-hydrogen) atoms. The topological polar surface area (TPSA) is 73.5 Å². The first kappa shape index (κ1) is 28.7. The average molecular weight is 613 g/mol. The van der Waals surface area contributed by atoms with Crippen LogP contribution in [0.15, 0.2) is 74.8 Å². The lowest BCUT2D eigenvalue weighted by Crippen LogP contribution is -2.37. The fourth-order valence-electron chi connectivity index (χ4n) is 5.22. The number of aryl methyl sites for hydroxylation is 4. The maximum atomic E-state index is 14.4. The van der Waals surface area contributed by atoms with E-state index >= 15 is 0 Å². The molecule has 0 atom stereocenters. The molecule has 206 valence electrons. The predicted molar refractivity (Wildman–Crippen MR) is 160 cm³/mol. The zero-order valence-corrected chi connectivity index (χ0v) is 25.6. The van der Waals surface area contributed by atoms with Crippen LogP contribution in [0.5, 0.6) is 5.75 Å². The smallest absolute Gasteiger partial charge is 0.296 e. The number of aromatic nitrogens is 2. The van der Waals surface area contributed by atoms with Gasteiger partial charge in [0.1, 0.15) is 11.4 Å². The Morgan fingerprint density at radius 3 is 2.21 bits per heavy atom. The highest BCUT2D eigenvalue weighted by atomic mass is 79.9. The molecule has 0 radical (unpaired) electrons. The van der Waals surface area contributed by atoms with Crippen molar-refractivity contribution in [2.45, 2.75) is 45.4 Å². The van der Waals surface area contributed by atoms with Crippen LogP contribution in [0.1, 0.15) is 34.4 Å². The number of sulfonamides is 1. The van der Waals surface area contributed by atoms with E-state index in [-0.39, 0.29) is 22.7 Å². The number of para-hydroxylation sites is 1. The molecule has 1 heterocycles. The largest absolute Gasteiger partial charge is 0.496 e. The van der Waals surface area contributed by atoms with Crippen molar-refractivity contribution in [1.29, 1.82) is 0 Å². The molecule has 0 aliphatic heterocycles. The number of benzene rings is 3. The second kappa shape index (κ2) is 11.4. The van der Waals surface area contributed by atoms with Gasteiger partial charge in [0, 0.05) is 18.1 Å². The van der Waals surface area contributed by atoms with Gasteiger partial charge < -0.3 is 4.74 Å². The highest BCUT2D eigenvalue weighted by molar-refractivity contribution is 9.10. The van der Waals surface area contributed by atoms with Crippen LogP contribution in [0, 0.1) is 27.7 Å². The fraction of sp³-hybridized carbons (Fsp3) is 0.300. The molecule has 7 nitrogen and oxygen atoms in total. The minimum absolute atomic E-state index is 0.128. The molecular formula is C30H34BrN3O4S. The fourth-order valence-corrected chi connectivity index (χ4v) is 7.53. The van der Waals surface area contributed by atoms with Crippen LogP contribution in [0.2, 0.25) is 0 Å². The van der Waals surface area contributed by atoms with Gasteiger partial charge in [-0.25, -0.2) is 13.1 Å². The molecule has 0 fully saturated rings. The molecule has 4 aromatic rings. The highest BCUT2D eigenvalue weighted by Gasteiger charge is 2.33. The molecule has 0 amide bonds. The van der Waals surface area contributed by atoms with Crippen LogP contribution in [0.4, 0.5) is 5.69 Å². The molecule has 0 aliphatic rings. The lowest BCUT2D eigenvalue weighted by Gasteiger charge is -2.25. The van der Waals surface area contributed by atoms with Gasteiger partial charge in [0.15, 0.2) is 0 Å². The second-order valence-electron chi connectivity index (χ2n) is 9.77. The number of ether oxygens (including phenoxy) is 1. The summed E-state index contributed by atoms with van der Waals surface area (Å²) in [4.78, 5) is 14.2. The van der Waals surface area contributed by atoms with Crippen LogP contribution in [-0.2, 0) is 23.5 Å². The quantitative estimate of drug-likeness (QED) is 0.232. The Kier molecular flexibility index (Phi) is 8.42. The molecule has 1 aromatic heterocycles. The minimum atomic E-state index is -4.07. The van der Waals surface area contributed by atoms with E-state index in [2.05, 4.69) is 15.9 Å². The van der Waals surface area contributed by atoms with Gasteiger partial charge in [-0.2, -0.15) is 0 Å². The molecule has 0 unspecified atom stereocenters. The van der Waals surface area contributed by atoms with E-state index in [0.717, 1.165) is 21.3 Å². The Bertz CT molecular complexity index is 1650. The monoisotopic (exact) mass is 611 g/mol. The van der Waals surface area contributed by atoms with Gasteiger partial charge in [-0.3, -0.25) is 13.8 Å². The molecule has 0 saturated heterocycles. The first-order valence-corrected chi connectivity index (χ1v) is 15.0. The van der Waals surface area contributed by atoms with Crippen molar-refractivity contribution in [2.75, 3.05) is 18.0 Å². The summed E-state index contributed by atoms with van der Waals surface area (Å²) in [6.45, 7) is 7.46. The van der Waals surface area contributed by atoms with Crippen molar-refractivity contribution in [3.05, 3.63) is 103 Å². The van der Waals surface area contributed by atoms with Crippen LogP contribution in [-0.4, -0.2) is 31.4 Å². The number of hydrogen-bond donors (Lipinski definition) is 0. The zero-order chi connectivity index (χ0) is 28.5. The van der Waals surface area contributed by atoms with Gasteiger partial charge in [0.05, 0.1) is 23.4 Å². The summed E-state index contributed by atoms with van der Waals surface area (Å²) in [6.07, 6.45) is 1.06.